The Morgan fingerprint density at radius 2 is 2.12 bits per heavy atom. The topological polar surface area (TPSA) is 95.1 Å². The zero-order valence-electron chi connectivity index (χ0n) is 9.77. The van der Waals surface area contributed by atoms with Crippen LogP contribution in [0.2, 0.25) is 0 Å². The number of aromatic amines is 1. The van der Waals surface area contributed by atoms with Crippen molar-refractivity contribution in [3.63, 3.8) is 0 Å². The lowest BCUT2D eigenvalue weighted by molar-refractivity contribution is 0.111. The molecule has 1 heterocycles. The second-order valence-electron chi connectivity index (χ2n) is 4.34. The molecule has 0 aliphatic carbocycles. The Bertz CT molecular complexity index is 462. The normalized spacial score (nSPS) is 15.1. The van der Waals surface area contributed by atoms with Crippen LogP contribution in [0.25, 0.3) is 0 Å². The van der Waals surface area contributed by atoms with Crippen LogP contribution in [0.3, 0.4) is 0 Å². The number of aryl methyl sites for hydroxylation is 1. The molecular formula is C9H17N3O3S. The summed E-state index contributed by atoms with van der Waals surface area (Å²) < 4.78 is 26.2. The lowest BCUT2D eigenvalue weighted by atomic mass is 10.0. The molecule has 1 atom stereocenters. The van der Waals surface area contributed by atoms with Gasteiger partial charge < -0.3 is 10.1 Å². The third kappa shape index (κ3) is 2.81. The van der Waals surface area contributed by atoms with E-state index in [4.69, 9.17) is 0 Å². The van der Waals surface area contributed by atoms with Crippen molar-refractivity contribution >= 4 is 10.0 Å². The van der Waals surface area contributed by atoms with Gasteiger partial charge in [-0.3, -0.25) is 0 Å². The molecule has 1 unspecified atom stereocenters. The van der Waals surface area contributed by atoms with E-state index in [1.807, 2.05) is 0 Å². The lowest BCUT2D eigenvalue weighted by Gasteiger charge is -2.28. The van der Waals surface area contributed by atoms with Crippen molar-refractivity contribution in [3.8, 4) is 0 Å². The summed E-state index contributed by atoms with van der Waals surface area (Å²) in [6.07, 6.45) is 0.446. The Labute approximate surface area is 95.2 Å². The fourth-order valence-electron chi connectivity index (χ4n) is 1.02. The quantitative estimate of drug-likeness (QED) is 0.706. The second kappa shape index (κ2) is 4.15. The molecule has 0 saturated carbocycles. The van der Waals surface area contributed by atoms with Crippen LogP contribution in [0.15, 0.2) is 11.2 Å². The van der Waals surface area contributed by atoms with Crippen molar-refractivity contribution in [2.75, 3.05) is 0 Å². The van der Waals surface area contributed by atoms with E-state index in [-0.39, 0.29) is 5.03 Å². The summed E-state index contributed by atoms with van der Waals surface area (Å²) in [6, 6.07) is 0. The Morgan fingerprint density at radius 3 is 2.50 bits per heavy atom. The fourth-order valence-corrected chi connectivity index (χ4v) is 2.47. The highest BCUT2D eigenvalue weighted by atomic mass is 32.2. The molecule has 16 heavy (non-hydrogen) atoms. The van der Waals surface area contributed by atoms with Crippen molar-refractivity contribution in [2.45, 2.75) is 44.4 Å². The van der Waals surface area contributed by atoms with Gasteiger partial charge in [-0.2, -0.15) is 0 Å². The summed E-state index contributed by atoms with van der Waals surface area (Å²) in [7, 11) is -3.67. The monoisotopic (exact) mass is 247 g/mol. The van der Waals surface area contributed by atoms with E-state index < -0.39 is 21.7 Å². The summed E-state index contributed by atoms with van der Waals surface area (Å²) in [5.74, 6) is 0.523. The highest BCUT2D eigenvalue weighted by molar-refractivity contribution is 7.89. The predicted molar refractivity (Wildman–Crippen MR) is 59.4 cm³/mol. The van der Waals surface area contributed by atoms with E-state index >= 15 is 0 Å². The number of hydrogen-bond acceptors (Lipinski definition) is 4. The van der Waals surface area contributed by atoms with Gasteiger partial charge in [-0.25, -0.2) is 18.1 Å². The van der Waals surface area contributed by atoms with Gasteiger partial charge in [0.25, 0.3) is 10.0 Å². The molecule has 0 saturated heterocycles. The molecule has 0 spiro atoms. The molecule has 0 amide bonds. The molecule has 0 aliphatic rings. The van der Waals surface area contributed by atoms with Gasteiger partial charge in [-0.1, -0.05) is 0 Å². The number of imidazole rings is 1. The van der Waals surface area contributed by atoms with Gasteiger partial charge in [-0.05, 0) is 27.7 Å². The number of nitrogens with zero attached hydrogens (tertiary/aromatic N) is 1. The van der Waals surface area contributed by atoms with Gasteiger partial charge >= 0.3 is 0 Å². The van der Waals surface area contributed by atoms with E-state index in [0.717, 1.165) is 0 Å². The van der Waals surface area contributed by atoms with E-state index in [1.165, 1.54) is 13.1 Å². The maximum absolute atomic E-state index is 11.9. The van der Waals surface area contributed by atoms with Gasteiger partial charge in [-0.15, -0.1) is 0 Å². The number of hydrogen-bond donors (Lipinski definition) is 3. The number of sulfonamides is 1. The first-order valence-electron chi connectivity index (χ1n) is 4.89. The van der Waals surface area contributed by atoms with Crippen molar-refractivity contribution in [3.05, 3.63) is 12.0 Å². The van der Waals surface area contributed by atoms with Gasteiger partial charge in [0, 0.05) is 0 Å². The minimum atomic E-state index is -3.67. The van der Waals surface area contributed by atoms with Crippen molar-refractivity contribution in [1.29, 1.82) is 0 Å². The van der Waals surface area contributed by atoms with Crippen LogP contribution < -0.4 is 4.72 Å². The minimum absolute atomic E-state index is 0.00118. The largest absolute Gasteiger partial charge is 0.391 e. The minimum Gasteiger partial charge on any atom is -0.391 e. The molecule has 0 aromatic carbocycles. The molecule has 92 valence electrons. The number of nitrogens with one attached hydrogen (secondary N) is 2. The third-order valence-corrected chi connectivity index (χ3v) is 3.99. The van der Waals surface area contributed by atoms with Crippen molar-refractivity contribution in [2.24, 2.45) is 0 Å². The second-order valence-corrected chi connectivity index (χ2v) is 5.99. The SMILES string of the molecule is Cc1ncc(S(=O)(=O)NC(C)(C)C(C)O)[nH]1. The molecular weight excluding hydrogens is 230 g/mol. The van der Waals surface area contributed by atoms with Crippen LogP contribution in [-0.2, 0) is 10.0 Å². The molecule has 0 radical (unpaired) electrons. The summed E-state index contributed by atoms with van der Waals surface area (Å²) >= 11 is 0. The third-order valence-electron chi connectivity index (χ3n) is 2.41. The molecule has 1 aromatic heterocycles. The van der Waals surface area contributed by atoms with E-state index in [0.29, 0.717) is 5.82 Å². The van der Waals surface area contributed by atoms with Crippen LogP contribution in [0.4, 0.5) is 0 Å². The first-order chi connectivity index (χ1) is 7.15. The average molecular weight is 247 g/mol. The molecule has 1 rings (SSSR count). The van der Waals surface area contributed by atoms with Gasteiger partial charge in [0.2, 0.25) is 0 Å². The molecule has 6 nitrogen and oxygen atoms in total. The number of H-pyrrole nitrogens is 1. The zero-order chi connectivity index (χ0) is 12.6. The Kier molecular flexibility index (Phi) is 3.41. The average Bonchev–Trinajstić information content (AvgIpc) is 2.50. The molecule has 3 N–H and O–H groups in total. The number of rotatable bonds is 4. The highest BCUT2D eigenvalue weighted by Crippen LogP contribution is 2.14. The van der Waals surface area contributed by atoms with Crippen LogP contribution in [0, 0.1) is 6.92 Å². The zero-order valence-corrected chi connectivity index (χ0v) is 10.6. The molecule has 7 heteroatoms. The number of aliphatic hydroxyl groups is 1. The molecule has 1 aromatic rings. The van der Waals surface area contributed by atoms with Crippen LogP contribution >= 0.6 is 0 Å². The van der Waals surface area contributed by atoms with Gasteiger partial charge in [0.1, 0.15) is 5.82 Å². The Morgan fingerprint density at radius 1 is 1.56 bits per heavy atom. The fraction of sp³-hybridized carbons (Fsp3) is 0.667. The molecule has 0 fully saturated rings. The van der Waals surface area contributed by atoms with E-state index in [2.05, 4.69) is 14.7 Å². The summed E-state index contributed by atoms with van der Waals surface area (Å²) in [5, 5.41) is 9.44. The number of aromatic nitrogens is 2. The van der Waals surface area contributed by atoms with Gasteiger partial charge in [0.15, 0.2) is 5.03 Å². The lowest BCUT2D eigenvalue weighted by Crippen LogP contribution is -2.50. The number of aliphatic hydroxyl groups excluding tert-OH is 1. The summed E-state index contributed by atoms with van der Waals surface area (Å²) in [4.78, 5) is 6.46. The predicted octanol–water partition coefficient (Wildman–Crippen LogP) is 0.156. The highest BCUT2D eigenvalue weighted by Gasteiger charge is 2.31. The maximum atomic E-state index is 11.9. The Hall–Kier alpha value is -0.920. The van der Waals surface area contributed by atoms with Crippen LogP contribution in [0.5, 0.6) is 0 Å². The van der Waals surface area contributed by atoms with E-state index in [1.54, 1.807) is 20.8 Å². The molecule has 0 aliphatic heterocycles. The summed E-state index contributed by atoms with van der Waals surface area (Å²) in [6.45, 7) is 6.41. The summed E-state index contributed by atoms with van der Waals surface area (Å²) in [5.41, 5.74) is -0.933. The maximum Gasteiger partial charge on any atom is 0.258 e. The van der Waals surface area contributed by atoms with Gasteiger partial charge in [0.05, 0.1) is 17.8 Å². The van der Waals surface area contributed by atoms with Crippen molar-refractivity contribution < 1.29 is 13.5 Å². The van der Waals surface area contributed by atoms with Crippen LogP contribution in [0.1, 0.15) is 26.6 Å². The first-order valence-corrected chi connectivity index (χ1v) is 6.37. The van der Waals surface area contributed by atoms with E-state index in [9.17, 15) is 13.5 Å². The van der Waals surface area contributed by atoms with Crippen LogP contribution in [-0.4, -0.2) is 35.1 Å². The standard InChI is InChI=1S/C9H17N3O3S/c1-6(13)9(3,4)12-16(14,15)8-5-10-7(2)11-8/h5-6,12-13H,1-4H3,(H,10,11). The first kappa shape index (κ1) is 13.1. The smallest absolute Gasteiger partial charge is 0.258 e. The van der Waals surface area contributed by atoms with Crippen molar-refractivity contribution in [1.82, 2.24) is 14.7 Å². The Balaban J connectivity index is 2.97. The molecule has 0 bridgehead atoms.